The van der Waals surface area contributed by atoms with E-state index in [0.717, 1.165) is 0 Å². The van der Waals surface area contributed by atoms with Gasteiger partial charge in [0.25, 0.3) is 0 Å². The Labute approximate surface area is 44.6 Å². The lowest BCUT2D eigenvalue weighted by Gasteiger charge is -1.89. The van der Waals surface area contributed by atoms with Crippen LogP contribution in [0.15, 0.2) is 5.22 Å². The fourth-order valence-corrected chi connectivity index (χ4v) is 0.0890. The van der Waals surface area contributed by atoms with Gasteiger partial charge in [0.2, 0.25) is 0 Å². The molecule has 0 saturated heterocycles. The summed E-state index contributed by atoms with van der Waals surface area (Å²) in [6.45, 7) is 0. The molecule has 0 spiro atoms. The molecule has 0 heterocycles. The van der Waals surface area contributed by atoms with Crippen LogP contribution in [0, 0.1) is 0 Å². The highest BCUT2D eigenvalue weighted by molar-refractivity contribution is 6.32. The Bertz CT molecular complexity index is 95.5. The maximum absolute atomic E-state index is 7.87. The molecule has 8 heavy (non-hydrogen) atoms. The summed E-state index contributed by atoms with van der Waals surface area (Å²) in [6, 6.07) is 0. The smallest absolute Gasteiger partial charge is 0.400 e. The number of rotatable bonds is 3. The molecule has 0 aromatic rings. The first kappa shape index (κ1) is 7.05. The zero-order valence-corrected chi connectivity index (χ0v) is 3.72. The molecule has 0 aromatic carbocycles. The lowest BCUT2D eigenvalue weighted by atomic mass is 10.3. The number of nitrogens with one attached hydrogen (secondary N) is 1. The summed E-state index contributed by atoms with van der Waals surface area (Å²) in [5.74, 6) is 0. The Balaban J connectivity index is 3.05. The van der Waals surface area contributed by atoms with Crippen molar-refractivity contribution < 1.29 is 14.8 Å². The minimum Gasteiger partial charge on any atom is -0.400 e. The van der Waals surface area contributed by atoms with E-state index in [1.807, 2.05) is 0 Å². The Morgan fingerprint density at radius 3 is 2.75 bits per heavy atom. The molecule has 0 aromatic heterocycles. The van der Waals surface area contributed by atoms with Crippen molar-refractivity contribution in [1.82, 2.24) is 5.59 Å². The number of hydrogen-bond acceptors (Lipinski definition) is 4. The van der Waals surface area contributed by atoms with E-state index >= 15 is 0 Å². The zero-order valence-electron chi connectivity index (χ0n) is 3.72. The molecule has 0 saturated carbocycles. The van der Waals surface area contributed by atoms with Gasteiger partial charge in [-0.3, -0.25) is 0 Å². The summed E-state index contributed by atoms with van der Waals surface area (Å²) in [6.07, 6.45) is 0. The van der Waals surface area contributed by atoms with Gasteiger partial charge in [0.15, 0.2) is 0 Å². The van der Waals surface area contributed by atoms with Crippen LogP contribution in [-0.4, -0.2) is 17.4 Å². The second kappa shape index (κ2) is 4.22. The largest absolute Gasteiger partial charge is 0.675 e. The maximum Gasteiger partial charge on any atom is 0.675 e. The fourth-order valence-electron chi connectivity index (χ4n) is 0.0890. The van der Waals surface area contributed by atoms with Gasteiger partial charge in [-0.15, -0.1) is 11.1 Å². The third kappa shape index (κ3) is 5.05. The third-order valence-corrected chi connectivity index (χ3v) is 0.244. The summed E-state index contributed by atoms with van der Waals surface area (Å²) in [5, 5.41) is 18.3. The number of nitrogens with zero attached hydrogens (tertiary/aromatic N) is 3. The van der Waals surface area contributed by atoms with Crippen LogP contribution in [0.1, 0.15) is 0 Å². The number of azide groups is 1. The molecule has 0 aliphatic carbocycles. The van der Waals surface area contributed by atoms with Gasteiger partial charge >= 0.3 is 7.32 Å². The maximum atomic E-state index is 7.87. The topological polar surface area (TPSA) is 110 Å². The summed E-state index contributed by atoms with van der Waals surface area (Å²) < 4.78 is 3.72. The first-order valence-corrected chi connectivity index (χ1v) is 1.58. The van der Waals surface area contributed by atoms with Gasteiger partial charge in [0.05, 0.1) is 0 Å². The quantitative estimate of drug-likeness (QED) is 0.140. The van der Waals surface area contributed by atoms with Crippen LogP contribution < -0.4 is 5.59 Å². The van der Waals surface area contributed by atoms with Crippen molar-refractivity contribution in [2.45, 2.75) is 0 Å². The molecule has 0 atom stereocenters. The van der Waals surface area contributed by atoms with Gasteiger partial charge < -0.3 is 10.0 Å². The van der Waals surface area contributed by atoms with E-state index in [-0.39, 0.29) is 0 Å². The van der Waals surface area contributed by atoms with Crippen molar-refractivity contribution in [3.8, 4) is 0 Å². The molecule has 0 aliphatic heterocycles. The molecule has 44 valence electrons. The fraction of sp³-hybridized carbons (Fsp3) is 0. The van der Waals surface area contributed by atoms with E-state index < -0.39 is 7.32 Å². The van der Waals surface area contributed by atoms with E-state index in [9.17, 15) is 0 Å². The van der Waals surface area contributed by atoms with Crippen molar-refractivity contribution in [3.63, 3.8) is 0 Å². The van der Waals surface area contributed by atoms with Gasteiger partial charge in [-0.2, -0.15) is 9.67 Å². The Hall–Kier alpha value is -0.945. The third-order valence-electron chi connectivity index (χ3n) is 0.244. The van der Waals surface area contributed by atoms with Crippen LogP contribution in [0.3, 0.4) is 0 Å². The molecule has 8 heteroatoms. The SMILES string of the molecule is [N-]=[N+]=NNOB(O)O. The molecule has 0 amide bonds. The van der Waals surface area contributed by atoms with Gasteiger partial charge in [0.1, 0.15) is 0 Å². The van der Waals surface area contributed by atoms with Crippen LogP contribution in [-0.2, 0) is 4.76 Å². The molecule has 3 N–H and O–H groups in total. The monoisotopic (exact) mass is 118 g/mol. The van der Waals surface area contributed by atoms with Crippen LogP contribution in [0.5, 0.6) is 0 Å². The van der Waals surface area contributed by atoms with Gasteiger partial charge in [0, 0.05) is 5.22 Å². The van der Waals surface area contributed by atoms with Crippen LogP contribution in [0.25, 0.3) is 10.4 Å². The summed E-state index contributed by atoms with van der Waals surface area (Å²) >= 11 is 0. The molecule has 0 bridgehead atoms. The van der Waals surface area contributed by atoms with Crippen LogP contribution >= 0.6 is 0 Å². The lowest BCUT2D eigenvalue weighted by molar-refractivity contribution is 0.110. The highest BCUT2D eigenvalue weighted by Crippen LogP contribution is 1.66. The van der Waals surface area contributed by atoms with Crippen LogP contribution in [0.2, 0.25) is 0 Å². The molecule has 0 aliphatic rings. The van der Waals surface area contributed by atoms with Crippen molar-refractivity contribution in [2.24, 2.45) is 5.22 Å². The normalized spacial score (nSPS) is 7.25. The van der Waals surface area contributed by atoms with Gasteiger partial charge in [-0.1, -0.05) is 0 Å². The predicted molar refractivity (Wildman–Crippen MR) is 23.6 cm³/mol. The van der Waals surface area contributed by atoms with Crippen LogP contribution in [0.4, 0.5) is 0 Å². The highest BCUT2D eigenvalue weighted by Gasteiger charge is 2.08. The van der Waals surface area contributed by atoms with E-state index in [2.05, 4.69) is 14.9 Å². The average molecular weight is 118 g/mol. The summed E-state index contributed by atoms with van der Waals surface area (Å²) in [4.78, 5) is 2.17. The van der Waals surface area contributed by atoms with Gasteiger partial charge in [-0.05, 0) is 0 Å². The minimum absolute atomic E-state index is 1.54. The first-order chi connectivity index (χ1) is 3.77. The standard InChI is InChI=1S/BH3N4O3/c2-3-4-5-8-1(6)7/h5-7H. The Kier molecular flexibility index (Phi) is 3.72. The Morgan fingerprint density at radius 2 is 2.38 bits per heavy atom. The summed E-state index contributed by atoms with van der Waals surface area (Å²) in [5.41, 5.74) is 9.07. The molecule has 7 nitrogen and oxygen atoms in total. The minimum atomic E-state index is -1.97. The van der Waals surface area contributed by atoms with Crippen molar-refractivity contribution in [3.05, 3.63) is 10.4 Å². The average Bonchev–Trinajstić information content (AvgIpc) is 1.66. The second-order valence-corrected chi connectivity index (χ2v) is 0.725. The van der Waals surface area contributed by atoms with Crippen molar-refractivity contribution >= 4 is 7.32 Å². The van der Waals surface area contributed by atoms with E-state index in [4.69, 9.17) is 15.6 Å². The molecule has 0 unspecified atom stereocenters. The lowest BCUT2D eigenvalue weighted by Crippen LogP contribution is -2.23. The van der Waals surface area contributed by atoms with E-state index in [1.54, 1.807) is 5.59 Å². The predicted octanol–water partition coefficient (Wildman–Crippen LogP) is -1.30. The van der Waals surface area contributed by atoms with Crippen molar-refractivity contribution in [1.29, 1.82) is 0 Å². The molecule has 0 radical (unpaired) electrons. The Morgan fingerprint density at radius 1 is 1.75 bits per heavy atom. The molecular formula is H3BN4O3. The summed E-state index contributed by atoms with van der Waals surface area (Å²) in [7, 11) is -1.97. The van der Waals surface area contributed by atoms with E-state index in [1.165, 1.54) is 0 Å². The van der Waals surface area contributed by atoms with Crippen molar-refractivity contribution in [2.75, 3.05) is 0 Å². The van der Waals surface area contributed by atoms with Gasteiger partial charge in [-0.25, -0.2) is 0 Å². The molecule has 0 rings (SSSR count). The van der Waals surface area contributed by atoms with E-state index in [0.29, 0.717) is 0 Å². The molecule has 0 fully saturated rings. The molecular weight excluding hydrogens is 115 g/mol. The zero-order chi connectivity index (χ0) is 6.41. The first-order valence-electron chi connectivity index (χ1n) is 1.58. The number of hydrogen-bond donors (Lipinski definition) is 3. The highest BCUT2D eigenvalue weighted by atomic mass is 16.7. The second-order valence-electron chi connectivity index (χ2n) is 0.725.